The van der Waals surface area contributed by atoms with Crippen molar-refractivity contribution in [1.29, 1.82) is 0 Å². The van der Waals surface area contributed by atoms with Crippen molar-refractivity contribution < 1.29 is 59.9 Å². The Morgan fingerprint density at radius 3 is 2.00 bits per heavy atom. The van der Waals surface area contributed by atoms with E-state index in [0.29, 0.717) is 31.6 Å². The van der Waals surface area contributed by atoms with E-state index >= 15 is 0 Å². The fourth-order valence-electron chi connectivity index (χ4n) is 12.7. The van der Waals surface area contributed by atoms with Gasteiger partial charge in [0.05, 0.1) is 60.9 Å². The zero-order valence-corrected chi connectivity index (χ0v) is 32.2. The molecular weight excluding hydrogens is 696 g/mol. The first-order valence-corrected chi connectivity index (χ1v) is 20.6. The lowest BCUT2D eigenvalue weighted by Gasteiger charge is -2.65. The van der Waals surface area contributed by atoms with Gasteiger partial charge in [0, 0.05) is 30.6 Å². The second-order valence-electron chi connectivity index (χ2n) is 18.6. The fraction of sp³-hybridized carbons (Fsp3) is 0.833. The highest BCUT2D eigenvalue weighted by Crippen LogP contribution is 2.70. The topological polar surface area (TPSA) is 207 Å². The standard InChI is InChI=1S/C30H42O6.C12H22O6/c1-28-11-9-19(31)14-18(28)7-8-22-23(28)16-26(33)29(2)21(10-12-30(22,29)35)20-15-27(34)36-25(20)13-17-5-3-4-6-24(17)32;1-5-11(15)7(13)3-9(17-5)10-4-8(14)12(16)6(2)18-10/h3-6,18-23,25-26,31-33,35H,7-16H2,1-2H3;5-16H,3-4H2,1-2H3/t18-,19+,20?,21-,22-,23+,25?,26-,28+,29+,30+;5?,6?,7-,8-,9+,10+,11?,12?/m11/s1. The fourth-order valence-corrected chi connectivity index (χ4v) is 12.7. The summed E-state index contributed by atoms with van der Waals surface area (Å²) in [5, 5.41) is 83.7. The molecule has 1 aromatic rings. The van der Waals surface area contributed by atoms with Crippen LogP contribution in [0.25, 0.3) is 0 Å². The van der Waals surface area contributed by atoms with Gasteiger partial charge in [-0.25, -0.2) is 0 Å². The average molecular weight is 761 g/mol. The first-order valence-electron chi connectivity index (χ1n) is 20.6. The minimum absolute atomic E-state index is 0.0283. The molecule has 8 rings (SSSR count). The first-order chi connectivity index (χ1) is 25.5. The molecule has 0 amide bonds. The molecule has 7 aliphatic rings. The molecule has 54 heavy (non-hydrogen) atoms. The van der Waals surface area contributed by atoms with Crippen LogP contribution in [0.5, 0.6) is 5.75 Å². The van der Waals surface area contributed by atoms with Crippen LogP contribution in [0.4, 0.5) is 0 Å². The van der Waals surface area contributed by atoms with Crippen LogP contribution in [-0.2, 0) is 25.4 Å². The first kappa shape index (κ1) is 40.3. The third kappa shape index (κ3) is 6.83. The molecule has 4 aliphatic carbocycles. The molecular formula is C42H64O12. The highest BCUT2D eigenvalue weighted by molar-refractivity contribution is 5.72. The van der Waals surface area contributed by atoms with E-state index in [4.69, 9.17) is 14.2 Å². The molecule has 0 bridgehead atoms. The van der Waals surface area contributed by atoms with Gasteiger partial charge in [-0.1, -0.05) is 32.0 Å². The molecule has 0 aromatic heterocycles. The molecule has 6 unspecified atom stereocenters. The van der Waals surface area contributed by atoms with E-state index in [2.05, 4.69) is 13.8 Å². The highest BCUT2D eigenvalue weighted by Gasteiger charge is 2.71. The number of esters is 1. The minimum Gasteiger partial charge on any atom is -0.508 e. The number of carbonyl (C=O) groups is 1. The van der Waals surface area contributed by atoms with Gasteiger partial charge in [0.15, 0.2) is 0 Å². The van der Waals surface area contributed by atoms with Gasteiger partial charge >= 0.3 is 5.97 Å². The summed E-state index contributed by atoms with van der Waals surface area (Å²) in [7, 11) is 0. The molecule has 3 saturated heterocycles. The number of hydrogen-bond acceptors (Lipinski definition) is 12. The largest absolute Gasteiger partial charge is 0.508 e. The lowest BCUT2D eigenvalue weighted by Crippen LogP contribution is -2.67. The van der Waals surface area contributed by atoms with E-state index < -0.39 is 53.7 Å². The number of cyclic esters (lactones) is 1. The summed E-state index contributed by atoms with van der Waals surface area (Å²) >= 11 is 0. The summed E-state index contributed by atoms with van der Waals surface area (Å²) in [5.74, 6) is 0.672. The summed E-state index contributed by atoms with van der Waals surface area (Å²) in [6, 6.07) is 7.18. The quantitative estimate of drug-likeness (QED) is 0.209. The zero-order chi connectivity index (χ0) is 38.9. The zero-order valence-electron chi connectivity index (χ0n) is 32.2. The van der Waals surface area contributed by atoms with E-state index in [-0.39, 0.29) is 78.1 Å². The van der Waals surface area contributed by atoms with E-state index in [9.17, 15) is 45.6 Å². The van der Waals surface area contributed by atoms with Crippen molar-refractivity contribution in [1.82, 2.24) is 0 Å². The number of aliphatic hydroxyl groups excluding tert-OH is 6. The van der Waals surface area contributed by atoms with Crippen molar-refractivity contribution in [3.63, 3.8) is 0 Å². The number of aliphatic hydroxyl groups is 7. The number of rotatable bonds is 4. The van der Waals surface area contributed by atoms with E-state index in [0.717, 1.165) is 44.1 Å². The molecule has 19 atom stereocenters. The Morgan fingerprint density at radius 2 is 1.39 bits per heavy atom. The van der Waals surface area contributed by atoms with Gasteiger partial charge in [-0.15, -0.1) is 0 Å². The maximum absolute atomic E-state index is 12.5. The molecule has 12 heteroatoms. The van der Waals surface area contributed by atoms with Crippen molar-refractivity contribution in [2.24, 2.45) is 40.4 Å². The Hall–Kier alpha value is -1.87. The monoisotopic (exact) mass is 760 g/mol. The number of carbonyl (C=O) groups excluding carboxylic acids is 1. The molecule has 7 fully saturated rings. The van der Waals surface area contributed by atoms with Crippen LogP contribution in [0.2, 0.25) is 0 Å². The Morgan fingerprint density at radius 1 is 0.759 bits per heavy atom. The molecule has 0 radical (unpaired) electrons. The lowest BCUT2D eigenvalue weighted by atomic mass is 9.42. The van der Waals surface area contributed by atoms with E-state index in [1.165, 1.54) is 0 Å². The van der Waals surface area contributed by atoms with Crippen LogP contribution in [0, 0.1) is 40.4 Å². The highest BCUT2D eigenvalue weighted by atomic mass is 16.6. The third-order valence-corrected chi connectivity index (χ3v) is 16.0. The lowest BCUT2D eigenvalue weighted by molar-refractivity contribution is -0.251. The Kier molecular flexibility index (Phi) is 11.3. The average Bonchev–Trinajstić information content (AvgIpc) is 3.63. The molecule has 1 aromatic carbocycles. The van der Waals surface area contributed by atoms with Crippen molar-refractivity contribution in [2.75, 3.05) is 0 Å². The van der Waals surface area contributed by atoms with Crippen molar-refractivity contribution >= 4 is 5.97 Å². The van der Waals surface area contributed by atoms with Gasteiger partial charge in [-0.2, -0.15) is 0 Å². The van der Waals surface area contributed by atoms with Crippen LogP contribution in [0.3, 0.4) is 0 Å². The van der Waals surface area contributed by atoms with Crippen LogP contribution in [-0.4, -0.2) is 120 Å². The van der Waals surface area contributed by atoms with Gasteiger partial charge < -0.3 is 55.1 Å². The second kappa shape index (κ2) is 15.1. The maximum Gasteiger partial charge on any atom is 0.306 e. The maximum atomic E-state index is 12.5. The Bertz CT molecular complexity index is 1440. The number of phenolic OH excluding ortho intramolecular Hbond substituents is 1. The van der Waals surface area contributed by atoms with Gasteiger partial charge in [0.2, 0.25) is 0 Å². The number of hydrogen-bond donors (Lipinski definition) is 8. The van der Waals surface area contributed by atoms with Crippen LogP contribution < -0.4 is 0 Å². The number of fused-ring (bicyclic) bond motifs is 5. The summed E-state index contributed by atoms with van der Waals surface area (Å²) in [6.45, 7) is 7.80. The number of ether oxygens (including phenoxy) is 3. The SMILES string of the molecule is CC1O[C@H]([C@@H]2C[C@@H](O)C(O)C(C)O2)C[C@@H](O)C1O.C[C@]12CC[C@H](O)C[C@H]1CC[C@@H]1[C@@H]2C[C@@H](O)[C@]2(C)[C@@H](C3CC(=O)OC3Cc3ccccc3O)CC[C@]12O. The van der Waals surface area contributed by atoms with Gasteiger partial charge in [-0.05, 0) is 106 Å². The van der Waals surface area contributed by atoms with Crippen LogP contribution >= 0.6 is 0 Å². The molecule has 8 N–H and O–H groups in total. The van der Waals surface area contributed by atoms with Crippen molar-refractivity contribution in [3.05, 3.63) is 29.8 Å². The third-order valence-electron chi connectivity index (χ3n) is 16.0. The van der Waals surface area contributed by atoms with Gasteiger partial charge in [0.25, 0.3) is 0 Å². The molecule has 0 spiro atoms. The predicted molar refractivity (Wildman–Crippen MR) is 196 cm³/mol. The Balaban J connectivity index is 0.000000210. The summed E-state index contributed by atoms with van der Waals surface area (Å²) in [6.07, 6.45) is 1.52. The normalized spacial score (nSPS) is 51.6. The summed E-state index contributed by atoms with van der Waals surface area (Å²) < 4.78 is 17.0. The predicted octanol–water partition coefficient (Wildman–Crippen LogP) is 2.76. The number of phenols is 1. The van der Waals surface area contributed by atoms with E-state index in [1.807, 2.05) is 12.1 Å². The van der Waals surface area contributed by atoms with Crippen LogP contribution in [0.1, 0.15) is 104 Å². The van der Waals surface area contributed by atoms with Crippen molar-refractivity contribution in [3.8, 4) is 5.75 Å². The molecule has 3 heterocycles. The summed E-state index contributed by atoms with van der Waals surface area (Å²) in [5.41, 5.74) is -0.885. The molecule has 304 valence electrons. The number of aromatic hydroxyl groups is 1. The minimum atomic E-state index is -0.977. The van der Waals surface area contributed by atoms with Gasteiger partial charge in [-0.3, -0.25) is 4.79 Å². The Labute approximate surface area is 318 Å². The molecule has 12 nitrogen and oxygen atoms in total. The summed E-state index contributed by atoms with van der Waals surface area (Å²) in [4.78, 5) is 12.5. The molecule has 4 saturated carbocycles. The number of benzene rings is 1. The smallest absolute Gasteiger partial charge is 0.306 e. The van der Waals surface area contributed by atoms with E-state index in [1.54, 1.807) is 26.0 Å². The second-order valence-corrected chi connectivity index (χ2v) is 18.6. The number of para-hydroxylation sites is 1. The van der Waals surface area contributed by atoms with Gasteiger partial charge in [0.1, 0.15) is 24.1 Å². The molecule has 3 aliphatic heterocycles. The van der Waals surface area contributed by atoms with Crippen molar-refractivity contribution in [2.45, 2.75) is 177 Å². The van der Waals surface area contributed by atoms with Crippen LogP contribution in [0.15, 0.2) is 24.3 Å².